The first-order valence-electron chi connectivity index (χ1n) is 7.48. The van der Waals surface area contributed by atoms with Crippen LogP contribution in [0.4, 0.5) is 17.6 Å². The van der Waals surface area contributed by atoms with Crippen molar-refractivity contribution in [1.29, 1.82) is 0 Å². The van der Waals surface area contributed by atoms with Gasteiger partial charge in [0.15, 0.2) is 0 Å². The van der Waals surface area contributed by atoms with Gasteiger partial charge in [-0.15, -0.1) is 0 Å². The average molecular weight is 394 g/mol. The number of benzene rings is 1. The predicted octanol–water partition coefficient (Wildman–Crippen LogP) is 3.42. The van der Waals surface area contributed by atoms with Crippen LogP contribution in [-0.2, 0) is 24.9 Å². The molecule has 0 bridgehead atoms. The van der Waals surface area contributed by atoms with Crippen molar-refractivity contribution in [3.63, 3.8) is 0 Å². The fraction of sp³-hybridized carbons (Fsp3) is 0.375. The number of carbonyl (C=O) groups excluding carboxylic acids is 1. The summed E-state index contributed by atoms with van der Waals surface area (Å²) in [5.41, 5.74) is 1.29. The zero-order valence-corrected chi connectivity index (χ0v) is 14.4. The Kier molecular flexibility index (Phi) is 6.60. The minimum atomic E-state index is -4.21. The van der Waals surface area contributed by atoms with Crippen molar-refractivity contribution in [2.24, 2.45) is 7.05 Å². The molecule has 1 aromatic heterocycles. The van der Waals surface area contributed by atoms with E-state index in [-0.39, 0.29) is 18.7 Å². The maximum Gasteiger partial charge on any atom is 0.330 e. The number of hydrogen-bond acceptors (Lipinski definition) is 3. The van der Waals surface area contributed by atoms with E-state index in [9.17, 15) is 22.4 Å². The van der Waals surface area contributed by atoms with Gasteiger partial charge in [0.05, 0.1) is 30.1 Å². The van der Waals surface area contributed by atoms with Gasteiger partial charge in [-0.2, -0.15) is 13.9 Å². The first-order chi connectivity index (χ1) is 12.2. The zero-order valence-electron chi connectivity index (χ0n) is 13.7. The summed E-state index contributed by atoms with van der Waals surface area (Å²) in [6.07, 6.45) is -2.34. The highest BCUT2D eigenvalue weighted by Gasteiger charge is 2.40. The van der Waals surface area contributed by atoms with E-state index in [0.29, 0.717) is 16.3 Å². The van der Waals surface area contributed by atoms with Crippen LogP contribution in [0.1, 0.15) is 21.6 Å². The van der Waals surface area contributed by atoms with E-state index >= 15 is 0 Å². The lowest BCUT2D eigenvalue weighted by atomic mass is 10.1. The molecule has 2 aromatic rings. The van der Waals surface area contributed by atoms with Gasteiger partial charge >= 0.3 is 12.3 Å². The zero-order chi connectivity index (χ0) is 19.3. The molecule has 142 valence electrons. The quantitative estimate of drug-likeness (QED) is 0.699. The number of aromatic nitrogens is 2. The number of halogens is 5. The van der Waals surface area contributed by atoms with Crippen LogP contribution in [0.2, 0.25) is 5.02 Å². The molecule has 26 heavy (non-hydrogen) atoms. The molecule has 1 N–H and O–H groups in total. The number of hydrogen-bond donors (Lipinski definition) is 1. The highest BCUT2D eigenvalue weighted by atomic mass is 35.5. The minimum Gasteiger partial charge on any atom is -0.370 e. The summed E-state index contributed by atoms with van der Waals surface area (Å²) in [6.45, 7) is -1.58. The van der Waals surface area contributed by atoms with Crippen LogP contribution in [0.15, 0.2) is 30.5 Å². The molecule has 10 heteroatoms. The Balaban J connectivity index is 1.92. The van der Waals surface area contributed by atoms with E-state index in [4.69, 9.17) is 11.6 Å². The highest BCUT2D eigenvalue weighted by molar-refractivity contribution is 6.31. The first kappa shape index (κ1) is 20.2. The third-order valence-electron chi connectivity index (χ3n) is 3.50. The normalized spacial score (nSPS) is 11.8. The number of aryl methyl sites for hydroxylation is 1. The van der Waals surface area contributed by atoms with Crippen LogP contribution in [-0.4, -0.2) is 34.6 Å². The largest absolute Gasteiger partial charge is 0.370 e. The standard InChI is InChI=1S/C16H16ClF4N3O2/c1-24-13(12(17)6-23-24)7-22-14(25)11-4-2-3-10(5-11)8-26-9-16(20,21)15(18)19/h2-6,15H,7-9H2,1H3,(H,22,25). The van der Waals surface area contributed by atoms with E-state index in [1.165, 1.54) is 35.1 Å². The topological polar surface area (TPSA) is 56.2 Å². The Labute approximate surface area is 151 Å². The van der Waals surface area contributed by atoms with Crippen molar-refractivity contribution in [3.05, 3.63) is 52.3 Å². The van der Waals surface area contributed by atoms with Crippen molar-refractivity contribution in [2.45, 2.75) is 25.5 Å². The van der Waals surface area contributed by atoms with Gasteiger partial charge < -0.3 is 10.1 Å². The fourth-order valence-corrected chi connectivity index (χ4v) is 2.30. The van der Waals surface area contributed by atoms with Gasteiger partial charge in [0.25, 0.3) is 5.91 Å². The molecule has 0 atom stereocenters. The second-order valence-corrected chi connectivity index (χ2v) is 5.91. The monoisotopic (exact) mass is 393 g/mol. The van der Waals surface area contributed by atoms with Gasteiger partial charge in [-0.25, -0.2) is 8.78 Å². The van der Waals surface area contributed by atoms with Gasteiger partial charge in [-0.1, -0.05) is 23.7 Å². The minimum absolute atomic E-state index is 0.148. The van der Waals surface area contributed by atoms with Gasteiger partial charge in [0.1, 0.15) is 6.61 Å². The van der Waals surface area contributed by atoms with E-state index in [1.807, 2.05) is 0 Å². The van der Waals surface area contributed by atoms with Crippen molar-refractivity contribution in [1.82, 2.24) is 15.1 Å². The second kappa shape index (κ2) is 8.50. The number of ether oxygens (including phenoxy) is 1. The predicted molar refractivity (Wildman–Crippen MR) is 86.4 cm³/mol. The molecule has 0 saturated heterocycles. The molecule has 0 aliphatic rings. The summed E-state index contributed by atoms with van der Waals surface area (Å²) >= 11 is 5.95. The molecule has 0 spiro atoms. The molecule has 0 radical (unpaired) electrons. The molecule has 1 amide bonds. The summed E-state index contributed by atoms with van der Waals surface area (Å²) in [4.78, 5) is 12.2. The number of rotatable bonds is 8. The lowest BCUT2D eigenvalue weighted by Crippen LogP contribution is -2.32. The van der Waals surface area contributed by atoms with Gasteiger partial charge in [0, 0.05) is 12.6 Å². The summed E-state index contributed by atoms with van der Waals surface area (Å²) in [5, 5.41) is 7.02. The van der Waals surface area contributed by atoms with Gasteiger partial charge in [0.2, 0.25) is 0 Å². The van der Waals surface area contributed by atoms with Crippen molar-refractivity contribution in [3.8, 4) is 0 Å². The number of carbonyl (C=O) groups is 1. The van der Waals surface area contributed by atoms with Crippen molar-refractivity contribution < 1.29 is 27.1 Å². The summed E-state index contributed by atoms with van der Waals surface area (Å²) in [7, 11) is 1.68. The molecular weight excluding hydrogens is 378 g/mol. The molecule has 0 fully saturated rings. The molecule has 2 rings (SSSR count). The highest BCUT2D eigenvalue weighted by Crippen LogP contribution is 2.23. The summed E-state index contributed by atoms with van der Waals surface area (Å²) in [5.74, 6) is -4.63. The van der Waals surface area contributed by atoms with Crippen LogP contribution >= 0.6 is 11.6 Å². The summed E-state index contributed by atoms with van der Waals surface area (Å²) < 4.78 is 55.9. The van der Waals surface area contributed by atoms with E-state index in [2.05, 4.69) is 15.2 Å². The smallest absolute Gasteiger partial charge is 0.330 e. The Hall–Kier alpha value is -2.13. The summed E-state index contributed by atoms with van der Waals surface area (Å²) in [6, 6.07) is 6.03. The number of alkyl halides is 4. The van der Waals surface area contributed by atoms with Gasteiger partial charge in [-0.05, 0) is 17.7 Å². The lowest BCUT2D eigenvalue weighted by molar-refractivity contribution is -0.168. The first-order valence-corrected chi connectivity index (χ1v) is 7.85. The van der Waals surface area contributed by atoms with E-state index in [1.54, 1.807) is 7.05 Å². The van der Waals surface area contributed by atoms with Crippen LogP contribution in [0, 0.1) is 0 Å². The Morgan fingerprint density at radius 1 is 1.42 bits per heavy atom. The van der Waals surface area contributed by atoms with Crippen LogP contribution < -0.4 is 5.32 Å². The van der Waals surface area contributed by atoms with Crippen LogP contribution in [0.5, 0.6) is 0 Å². The Morgan fingerprint density at radius 3 is 2.77 bits per heavy atom. The Bertz CT molecular complexity index is 748. The van der Waals surface area contributed by atoms with Crippen molar-refractivity contribution >= 4 is 17.5 Å². The SMILES string of the molecule is Cn1ncc(Cl)c1CNC(=O)c1cccc(COCC(F)(F)C(F)F)c1. The molecule has 0 aliphatic carbocycles. The molecule has 1 aromatic carbocycles. The van der Waals surface area contributed by atoms with Crippen molar-refractivity contribution in [2.75, 3.05) is 6.61 Å². The molecule has 0 saturated carbocycles. The fourth-order valence-electron chi connectivity index (χ4n) is 2.07. The van der Waals surface area contributed by atoms with E-state index in [0.717, 1.165) is 0 Å². The molecule has 0 unspecified atom stereocenters. The van der Waals surface area contributed by atoms with E-state index < -0.39 is 24.9 Å². The van der Waals surface area contributed by atoms with Crippen LogP contribution in [0.25, 0.3) is 0 Å². The number of nitrogens with zero attached hydrogens (tertiary/aromatic N) is 2. The maximum atomic E-state index is 12.8. The number of amides is 1. The third-order valence-corrected chi connectivity index (χ3v) is 3.81. The molecule has 5 nitrogen and oxygen atoms in total. The second-order valence-electron chi connectivity index (χ2n) is 5.50. The number of nitrogens with one attached hydrogen (secondary N) is 1. The third kappa shape index (κ3) is 5.18. The maximum absolute atomic E-state index is 12.8. The Morgan fingerprint density at radius 2 is 2.15 bits per heavy atom. The van der Waals surface area contributed by atoms with Crippen LogP contribution in [0.3, 0.4) is 0 Å². The average Bonchev–Trinajstić information content (AvgIpc) is 2.91. The molecular formula is C16H16ClF4N3O2. The lowest BCUT2D eigenvalue weighted by Gasteiger charge is -2.15. The molecule has 1 heterocycles. The molecule has 0 aliphatic heterocycles. The van der Waals surface area contributed by atoms with Gasteiger partial charge in [-0.3, -0.25) is 9.48 Å².